The molecule has 0 aliphatic rings. The second-order valence-electron chi connectivity index (χ2n) is 5.23. The number of benzene rings is 2. The minimum Gasteiger partial charge on any atom is -0.495 e. The highest BCUT2D eigenvalue weighted by Crippen LogP contribution is 2.40. The molecule has 0 aliphatic carbocycles. The van der Waals surface area contributed by atoms with Crippen molar-refractivity contribution < 1.29 is 22.6 Å². The lowest BCUT2D eigenvalue weighted by Gasteiger charge is -2.25. The molecule has 26 heavy (non-hydrogen) atoms. The molecule has 0 atom stereocenters. The molecule has 0 amide bonds. The van der Waals surface area contributed by atoms with Crippen LogP contribution in [0.1, 0.15) is 13.8 Å². The Bertz CT molecular complexity index is 853. The molecule has 0 heterocycles. The quantitative estimate of drug-likeness (QED) is 0.672. The van der Waals surface area contributed by atoms with Gasteiger partial charge < -0.3 is 14.2 Å². The van der Waals surface area contributed by atoms with Gasteiger partial charge in [0.1, 0.15) is 17.2 Å². The summed E-state index contributed by atoms with van der Waals surface area (Å²) in [6.45, 7) is 4.32. The van der Waals surface area contributed by atoms with Crippen LogP contribution in [0.25, 0.3) is 0 Å². The highest BCUT2D eigenvalue weighted by atomic mass is 35.5. The van der Waals surface area contributed by atoms with Gasteiger partial charge in [-0.1, -0.05) is 11.6 Å². The molecule has 0 spiro atoms. The van der Waals surface area contributed by atoms with E-state index in [1.54, 1.807) is 25.1 Å². The monoisotopic (exact) mass is 399 g/mol. The fraction of sp³-hybridized carbons (Fsp3) is 0.333. The number of hydrogen-bond acceptors (Lipinski definition) is 5. The standard InChI is InChI=1S/C18H22ClNO5S/c1-5-20(16-12-17(23-3)15(19)11-18(16)24-4)26(21,22)14-9-7-13(8-10-14)25-6-2/h7-12H,5-6H2,1-4H3. The molecule has 142 valence electrons. The first kappa shape index (κ1) is 20.2. The van der Waals surface area contributed by atoms with Gasteiger partial charge in [0.15, 0.2) is 0 Å². The van der Waals surface area contributed by atoms with Crippen LogP contribution in [0.2, 0.25) is 5.02 Å². The zero-order valence-corrected chi connectivity index (χ0v) is 16.7. The summed E-state index contributed by atoms with van der Waals surface area (Å²) in [7, 11) is -0.883. The van der Waals surface area contributed by atoms with E-state index in [1.807, 2.05) is 6.92 Å². The number of nitrogens with zero attached hydrogens (tertiary/aromatic N) is 1. The minimum absolute atomic E-state index is 0.152. The summed E-state index contributed by atoms with van der Waals surface area (Å²) in [6, 6.07) is 9.38. The molecule has 2 aromatic rings. The summed E-state index contributed by atoms with van der Waals surface area (Å²) in [4.78, 5) is 0.152. The fourth-order valence-corrected chi connectivity index (χ4v) is 4.22. The molecule has 0 aromatic heterocycles. The number of anilines is 1. The average Bonchev–Trinajstić information content (AvgIpc) is 2.63. The summed E-state index contributed by atoms with van der Waals surface area (Å²) in [5.41, 5.74) is 0.352. The molecule has 2 aromatic carbocycles. The molecule has 0 saturated heterocycles. The van der Waals surface area contributed by atoms with Crippen LogP contribution in [-0.2, 0) is 10.0 Å². The van der Waals surface area contributed by atoms with Crippen molar-refractivity contribution >= 4 is 27.3 Å². The van der Waals surface area contributed by atoms with E-state index in [4.69, 9.17) is 25.8 Å². The Balaban J connectivity index is 2.52. The number of hydrogen-bond donors (Lipinski definition) is 0. The first-order chi connectivity index (χ1) is 12.4. The van der Waals surface area contributed by atoms with E-state index in [9.17, 15) is 8.42 Å². The van der Waals surface area contributed by atoms with Crippen molar-refractivity contribution in [3.8, 4) is 17.2 Å². The predicted octanol–water partition coefficient (Wildman–Crippen LogP) is 3.97. The van der Waals surface area contributed by atoms with Crippen LogP contribution in [0.3, 0.4) is 0 Å². The van der Waals surface area contributed by atoms with E-state index >= 15 is 0 Å². The maximum absolute atomic E-state index is 13.1. The molecule has 0 bridgehead atoms. The molecule has 0 saturated carbocycles. The van der Waals surface area contributed by atoms with Gasteiger partial charge in [0, 0.05) is 18.7 Å². The van der Waals surface area contributed by atoms with Crippen molar-refractivity contribution in [3.05, 3.63) is 41.4 Å². The third-order valence-electron chi connectivity index (χ3n) is 3.73. The highest BCUT2D eigenvalue weighted by Gasteiger charge is 2.27. The second kappa shape index (κ2) is 8.51. The van der Waals surface area contributed by atoms with E-state index in [1.165, 1.54) is 36.7 Å². The van der Waals surface area contributed by atoms with E-state index < -0.39 is 10.0 Å². The van der Waals surface area contributed by atoms with Gasteiger partial charge in [-0.15, -0.1) is 0 Å². The Morgan fingerprint density at radius 3 is 2.12 bits per heavy atom. The van der Waals surface area contributed by atoms with E-state index in [2.05, 4.69) is 0 Å². The molecule has 0 fully saturated rings. The van der Waals surface area contributed by atoms with Crippen molar-refractivity contribution in [2.24, 2.45) is 0 Å². The third kappa shape index (κ3) is 3.99. The Morgan fingerprint density at radius 2 is 1.62 bits per heavy atom. The van der Waals surface area contributed by atoms with Gasteiger partial charge >= 0.3 is 0 Å². The van der Waals surface area contributed by atoms with Crippen molar-refractivity contribution in [1.82, 2.24) is 0 Å². The van der Waals surface area contributed by atoms with Gasteiger partial charge in [0.05, 0.1) is 36.4 Å². The summed E-state index contributed by atoms with van der Waals surface area (Å²) in [5.74, 6) is 1.32. The molecular weight excluding hydrogens is 378 g/mol. The van der Waals surface area contributed by atoms with Gasteiger partial charge in [0.25, 0.3) is 10.0 Å². The van der Waals surface area contributed by atoms with Crippen molar-refractivity contribution in [2.45, 2.75) is 18.7 Å². The predicted molar refractivity (Wildman–Crippen MR) is 102 cm³/mol. The molecule has 0 unspecified atom stereocenters. The number of halogens is 1. The zero-order valence-electron chi connectivity index (χ0n) is 15.2. The summed E-state index contributed by atoms with van der Waals surface area (Å²) in [6.07, 6.45) is 0. The van der Waals surface area contributed by atoms with Crippen LogP contribution >= 0.6 is 11.6 Å². The lowest BCUT2D eigenvalue weighted by molar-refractivity contribution is 0.340. The van der Waals surface area contributed by atoms with E-state index in [-0.39, 0.29) is 11.4 Å². The lowest BCUT2D eigenvalue weighted by atomic mass is 10.2. The van der Waals surface area contributed by atoms with Gasteiger partial charge in [-0.2, -0.15) is 0 Å². The maximum atomic E-state index is 13.1. The van der Waals surface area contributed by atoms with Crippen molar-refractivity contribution in [3.63, 3.8) is 0 Å². The van der Waals surface area contributed by atoms with Crippen molar-refractivity contribution in [2.75, 3.05) is 31.7 Å². The molecule has 6 nitrogen and oxygen atoms in total. The number of rotatable bonds is 8. The fourth-order valence-electron chi connectivity index (χ4n) is 2.51. The first-order valence-electron chi connectivity index (χ1n) is 8.06. The van der Waals surface area contributed by atoms with Crippen LogP contribution in [0.4, 0.5) is 5.69 Å². The second-order valence-corrected chi connectivity index (χ2v) is 7.50. The number of methoxy groups -OCH3 is 2. The lowest BCUT2D eigenvalue weighted by Crippen LogP contribution is -2.31. The first-order valence-corrected chi connectivity index (χ1v) is 9.87. The topological polar surface area (TPSA) is 65.1 Å². The minimum atomic E-state index is -3.81. The zero-order chi connectivity index (χ0) is 19.3. The van der Waals surface area contributed by atoms with Gasteiger partial charge in [-0.05, 0) is 38.1 Å². The largest absolute Gasteiger partial charge is 0.495 e. The Morgan fingerprint density at radius 1 is 1.00 bits per heavy atom. The van der Waals surface area contributed by atoms with Crippen molar-refractivity contribution in [1.29, 1.82) is 0 Å². The van der Waals surface area contributed by atoms with Gasteiger partial charge in [-0.3, -0.25) is 4.31 Å². The summed E-state index contributed by atoms with van der Waals surface area (Å²) < 4.78 is 43.4. The molecule has 8 heteroatoms. The molecule has 0 aliphatic heterocycles. The normalized spacial score (nSPS) is 11.1. The van der Waals surface area contributed by atoms with Crippen LogP contribution in [0, 0.1) is 0 Å². The molecular formula is C18H22ClNO5S. The van der Waals surface area contributed by atoms with Crippen LogP contribution in [0.5, 0.6) is 17.2 Å². The highest BCUT2D eigenvalue weighted by molar-refractivity contribution is 7.92. The Kier molecular flexibility index (Phi) is 6.61. The van der Waals surface area contributed by atoms with E-state index in [0.29, 0.717) is 34.6 Å². The van der Waals surface area contributed by atoms with Gasteiger partial charge in [0.2, 0.25) is 0 Å². The Labute approximate surface area is 159 Å². The summed E-state index contributed by atoms with van der Waals surface area (Å²) in [5, 5.41) is 0.336. The van der Waals surface area contributed by atoms with Crippen LogP contribution < -0.4 is 18.5 Å². The van der Waals surface area contributed by atoms with Crippen LogP contribution in [-0.4, -0.2) is 35.8 Å². The number of sulfonamides is 1. The molecule has 2 rings (SSSR count). The van der Waals surface area contributed by atoms with E-state index in [0.717, 1.165) is 0 Å². The Hall–Kier alpha value is -2.12. The molecule has 0 N–H and O–H groups in total. The summed E-state index contributed by atoms with van der Waals surface area (Å²) >= 11 is 6.12. The maximum Gasteiger partial charge on any atom is 0.264 e. The van der Waals surface area contributed by atoms with Crippen LogP contribution in [0.15, 0.2) is 41.3 Å². The number of ether oxygens (including phenoxy) is 3. The smallest absolute Gasteiger partial charge is 0.264 e. The molecule has 0 radical (unpaired) electrons. The third-order valence-corrected chi connectivity index (χ3v) is 5.93. The average molecular weight is 400 g/mol. The van der Waals surface area contributed by atoms with Gasteiger partial charge in [-0.25, -0.2) is 8.42 Å². The SMILES string of the molecule is CCOc1ccc(S(=O)(=O)N(CC)c2cc(OC)c(Cl)cc2OC)cc1.